The first-order chi connectivity index (χ1) is 8.54. The first-order valence-corrected chi connectivity index (χ1v) is 5.88. The molecule has 0 unspecified atom stereocenters. The van der Waals surface area contributed by atoms with Gasteiger partial charge in [-0.05, 0) is 27.0 Å². The van der Waals surface area contributed by atoms with E-state index in [-0.39, 0.29) is 24.3 Å². The van der Waals surface area contributed by atoms with Crippen LogP contribution in [0.25, 0.3) is 0 Å². The molecule has 0 aliphatic rings. The summed E-state index contributed by atoms with van der Waals surface area (Å²) in [6, 6.07) is 4.73. The summed E-state index contributed by atoms with van der Waals surface area (Å²) in [6.07, 6.45) is 0. The number of carbonyl (C=O) groups is 1. The summed E-state index contributed by atoms with van der Waals surface area (Å²) in [7, 11) is 1.76. The van der Waals surface area contributed by atoms with E-state index in [1.165, 1.54) is 6.07 Å². The van der Waals surface area contributed by atoms with E-state index in [2.05, 4.69) is 10.6 Å². The van der Waals surface area contributed by atoms with Crippen molar-refractivity contribution in [3.05, 3.63) is 29.6 Å². The van der Waals surface area contributed by atoms with Crippen molar-refractivity contribution in [2.45, 2.75) is 26.4 Å². The molecule has 18 heavy (non-hydrogen) atoms. The molecule has 1 amide bonds. The number of ether oxygens (including phenoxy) is 1. The quantitative estimate of drug-likeness (QED) is 0.808. The first kappa shape index (κ1) is 14.4. The number of para-hydroxylation sites is 1. The molecule has 0 spiro atoms. The first-order valence-electron chi connectivity index (χ1n) is 5.88. The Morgan fingerprint density at radius 2 is 2.17 bits per heavy atom. The Bertz CT molecular complexity index is 408. The van der Waals surface area contributed by atoms with Crippen LogP contribution in [0.2, 0.25) is 0 Å². The van der Waals surface area contributed by atoms with Crippen molar-refractivity contribution in [2.75, 3.05) is 13.7 Å². The number of hydrogen-bond donors (Lipinski definition) is 2. The molecule has 0 fully saturated rings. The van der Waals surface area contributed by atoms with Crippen molar-refractivity contribution in [1.29, 1.82) is 0 Å². The molecule has 1 rings (SSSR count). The summed E-state index contributed by atoms with van der Waals surface area (Å²) in [5.41, 5.74) is 0.690. The molecule has 0 saturated heterocycles. The fourth-order valence-electron chi connectivity index (χ4n) is 1.55. The maximum atomic E-state index is 13.6. The Labute approximate surface area is 107 Å². The minimum absolute atomic E-state index is 0.0403. The van der Waals surface area contributed by atoms with Gasteiger partial charge in [0, 0.05) is 18.2 Å². The van der Waals surface area contributed by atoms with Crippen LogP contribution in [0.15, 0.2) is 18.2 Å². The Hall–Kier alpha value is -1.62. The van der Waals surface area contributed by atoms with Gasteiger partial charge in [0.1, 0.15) is 0 Å². The van der Waals surface area contributed by atoms with Gasteiger partial charge in [0.25, 0.3) is 5.91 Å². The summed E-state index contributed by atoms with van der Waals surface area (Å²) in [5, 5.41) is 5.61. The van der Waals surface area contributed by atoms with Gasteiger partial charge in [-0.25, -0.2) is 4.39 Å². The number of benzene rings is 1. The van der Waals surface area contributed by atoms with Crippen LogP contribution < -0.4 is 15.4 Å². The Kier molecular flexibility index (Phi) is 5.58. The molecule has 4 nitrogen and oxygen atoms in total. The lowest BCUT2D eigenvalue weighted by Crippen LogP contribution is -2.34. The molecule has 0 bridgehead atoms. The summed E-state index contributed by atoms with van der Waals surface area (Å²) < 4.78 is 18.9. The third-order valence-corrected chi connectivity index (χ3v) is 2.21. The molecule has 100 valence electrons. The highest BCUT2D eigenvalue weighted by atomic mass is 19.1. The smallest absolute Gasteiger partial charge is 0.258 e. The van der Waals surface area contributed by atoms with E-state index in [4.69, 9.17) is 4.74 Å². The molecule has 0 saturated carbocycles. The third kappa shape index (κ3) is 4.33. The molecule has 5 heteroatoms. The van der Waals surface area contributed by atoms with Crippen LogP contribution in [-0.4, -0.2) is 25.6 Å². The number of carbonyl (C=O) groups excluding carboxylic acids is 1. The minimum Gasteiger partial charge on any atom is -0.480 e. The van der Waals surface area contributed by atoms with Gasteiger partial charge in [-0.3, -0.25) is 4.79 Å². The largest absolute Gasteiger partial charge is 0.480 e. The van der Waals surface area contributed by atoms with E-state index in [0.717, 1.165) is 0 Å². The summed E-state index contributed by atoms with van der Waals surface area (Å²) >= 11 is 0. The maximum absolute atomic E-state index is 13.6. The molecule has 0 radical (unpaired) electrons. The highest BCUT2D eigenvalue weighted by molar-refractivity contribution is 5.77. The van der Waals surface area contributed by atoms with Gasteiger partial charge >= 0.3 is 0 Å². The standard InChI is InChI=1S/C13H19FN2O2/c1-9(2)16-12(17)8-18-13-10(7-15-3)5-4-6-11(13)14/h4-6,9,15H,7-8H2,1-3H3,(H,16,17). The van der Waals surface area contributed by atoms with Gasteiger partial charge in [0.15, 0.2) is 18.2 Å². The van der Waals surface area contributed by atoms with Crippen molar-refractivity contribution < 1.29 is 13.9 Å². The van der Waals surface area contributed by atoms with Gasteiger partial charge in [0.05, 0.1) is 0 Å². The van der Waals surface area contributed by atoms with E-state index in [1.807, 2.05) is 13.8 Å². The lowest BCUT2D eigenvalue weighted by Gasteiger charge is -2.13. The zero-order valence-corrected chi connectivity index (χ0v) is 10.9. The van der Waals surface area contributed by atoms with Crippen molar-refractivity contribution in [1.82, 2.24) is 10.6 Å². The second kappa shape index (κ2) is 6.96. The fraction of sp³-hybridized carbons (Fsp3) is 0.462. The van der Waals surface area contributed by atoms with Crippen molar-refractivity contribution in [2.24, 2.45) is 0 Å². The number of nitrogens with one attached hydrogen (secondary N) is 2. The molecular weight excluding hydrogens is 235 g/mol. The lowest BCUT2D eigenvalue weighted by atomic mass is 10.2. The molecule has 0 aliphatic heterocycles. The third-order valence-electron chi connectivity index (χ3n) is 2.21. The van der Waals surface area contributed by atoms with Crippen molar-refractivity contribution in [3.63, 3.8) is 0 Å². The molecule has 2 N–H and O–H groups in total. The fourth-order valence-corrected chi connectivity index (χ4v) is 1.55. The SMILES string of the molecule is CNCc1cccc(F)c1OCC(=O)NC(C)C. The van der Waals surface area contributed by atoms with Gasteiger partial charge in [-0.15, -0.1) is 0 Å². The number of halogens is 1. The molecule has 1 aromatic rings. The predicted molar refractivity (Wildman–Crippen MR) is 67.9 cm³/mol. The maximum Gasteiger partial charge on any atom is 0.258 e. The summed E-state index contributed by atoms with van der Waals surface area (Å²) in [6.45, 7) is 4.01. The number of hydrogen-bond acceptors (Lipinski definition) is 3. The molecule has 0 atom stereocenters. The summed E-state index contributed by atoms with van der Waals surface area (Å²) in [5.74, 6) is -0.588. The second-order valence-corrected chi connectivity index (χ2v) is 4.27. The van der Waals surface area contributed by atoms with E-state index in [9.17, 15) is 9.18 Å². The minimum atomic E-state index is -0.458. The van der Waals surface area contributed by atoms with Crippen LogP contribution in [0.4, 0.5) is 4.39 Å². The molecular formula is C13H19FN2O2. The Morgan fingerprint density at radius 1 is 1.44 bits per heavy atom. The molecule has 0 aliphatic carbocycles. The van der Waals surface area contributed by atoms with Gasteiger partial charge in [-0.2, -0.15) is 0 Å². The zero-order chi connectivity index (χ0) is 13.5. The monoisotopic (exact) mass is 254 g/mol. The van der Waals surface area contributed by atoms with E-state index >= 15 is 0 Å². The van der Waals surface area contributed by atoms with Crippen LogP contribution in [-0.2, 0) is 11.3 Å². The van der Waals surface area contributed by atoms with Gasteiger partial charge < -0.3 is 15.4 Å². The van der Waals surface area contributed by atoms with Crippen LogP contribution >= 0.6 is 0 Å². The highest BCUT2D eigenvalue weighted by Crippen LogP contribution is 2.22. The molecule has 1 aromatic carbocycles. The van der Waals surface area contributed by atoms with Crippen molar-refractivity contribution >= 4 is 5.91 Å². The number of amides is 1. The van der Waals surface area contributed by atoms with Crippen LogP contribution in [0.1, 0.15) is 19.4 Å². The second-order valence-electron chi connectivity index (χ2n) is 4.27. The molecule has 0 heterocycles. The zero-order valence-electron chi connectivity index (χ0n) is 10.9. The van der Waals surface area contributed by atoms with Gasteiger partial charge in [0.2, 0.25) is 0 Å². The van der Waals surface area contributed by atoms with Crippen molar-refractivity contribution in [3.8, 4) is 5.75 Å². The lowest BCUT2D eigenvalue weighted by molar-refractivity contribution is -0.123. The predicted octanol–water partition coefficient (Wildman–Crippen LogP) is 1.45. The average molecular weight is 254 g/mol. The normalized spacial score (nSPS) is 10.5. The summed E-state index contributed by atoms with van der Waals surface area (Å²) in [4.78, 5) is 11.4. The average Bonchev–Trinajstić information content (AvgIpc) is 2.27. The van der Waals surface area contributed by atoms with E-state index < -0.39 is 5.82 Å². The van der Waals surface area contributed by atoms with Crippen LogP contribution in [0.3, 0.4) is 0 Å². The van der Waals surface area contributed by atoms with E-state index in [0.29, 0.717) is 12.1 Å². The van der Waals surface area contributed by atoms with Gasteiger partial charge in [-0.1, -0.05) is 12.1 Å². The van der Waals surface area contributed by atoms with Crippen LogP contribution in [0, 0.1) is 5.82 Å². The molecule has 0 aromatic heterocycles. The Balaban J connectivity index is 2.68. The topological polar surface area (TPSA) is 50.4 Å². The van der Waals surface area contributed by atoms with E-state index in [1.54, 1.807) is 19.2 Å². The number of rotatable bonds is 6. The van der Waals surface area contributed by atoms with Crippen LogP contribution in [0.5, 0.6) is 5.75 Å². The Morgan fingerprint density at radius 3 is 2.78 bits per heavy atom. The highest BCUT2D eigenvalue weighted by Gasteiger charge is 2.11.